The van der Waals surface area contributed by atoms with Gasteiger partial charge >= 0.3 is 23.9 Å². The Morgan fingerprint density at radius 3 is 1.87 bits per heavy atom. The molecule has 168 valence electrons. The van der Waals surface area contributed by atoms with Crippen LogP contribution in [0.5, 0.6) is 0 Å². The highest BCUT2D eigenvalue weighted by Gasteiger charge is 2.22. The van der Waals surface area contributed by atoms with Crippen LogP contribution in [0.3, 0.4) is 0 Å². The molecule has 0 radical (unpaired) electrons. The number of H-pyrrole nitrogens is 2. The van der Waals surface area contributed by atoms with Gasteiger partial charge in [0.05, 0.1) is 12.8 Å². The Morgan fingerprint density at radius 1 is 0.742 bits per heavy atom. The van der Waals surface area contributed by atoms with E-state index in [1.54, 1.807) is 6.20 Å². The van der Waals surface area contributed by atoms with Crippen LogP contribution in [0, 0.1) is 0 Å². The average Bonchev–Trinajstić information content (AvgIpc) is 3.18. The molecule has 0 saturated heterocycles. The smallest absolute Gasteiger partial charge is 0.307 e. The molecule has 0 aromatic carbocycles. The maximum absolute atomic E-state index is 11.3. The number of carboxylic acids is 4. The van der Waals surface area contributed by atoms with E-state index in [2.05, 4.69) is 9.97 Å². The summed E-state index contributed by atoms with van der Waals surface area (Å²) in [6.45, 7) is 0.0270. The number of nitrogens with one attached hydrogen (secondary N) is 2. The highest BCUT2D eigenvalue weighted by Crippen LogP contribution is 2.26. The van der Waals surface area contributed by atoms with Gasteiger partial charge in [-0.15, -0.1) is 0 Å². The van der Waals surface area contributed by atoms with E-state index in [1.165, 1.54) is 0 Å². The van der Waals surface area contributed by atoms with Gasteiger partial charge in [-0.05, 0) is 35.1 Å². The number of carboxylic acid groups (broad SMARTS) is 4. The SMILES string of the molecule is NCc1[nH]c(Cc2[nH]cc(CCC(=O)O)c2CC(=O)O)c(CCC(=O)O)c1CC(=O)O. The summed E-state index contributed by atoms with van der Waals surface area (Å²) in [4.78, 5) is 50.7. The molecule has 0 saturated carbocycles. The number of rotatable bonds is 13. The molecule has 0 unspecified atom stereocenters. The first-order valence-electron chi connectivity index (χ1n) is 9.59. The minimum absolute atomic E-state index is 0.0270. The average molecular weight is 435 g/mol. The molecule has 31 heavy (non-hydrogen) atoms. The second kappa shape index (κ2) is 10.4. The number of aryl methyl sites for hydroxylation is 1. The zero-order valence-corrected chi connectivity index (χ0v) is 16.7. The number of hydrogen-bond donors (Lipinski definition) is 7. The predicted molar refractivity (Wildman–Crippen MR) is 107 cm³/mol. The van der Waals surface area contributed by atoms with Gasteiger partial charge in [-0.2, -0.15) is 0 Å². The number of aliphatic carboxylic acids is 4. The van der Waals surface area contributed by atoms with Gasteiger partial charge in [-0.3, -0.25) is 19.2 Å². The van der Waals surface area contributed by atoms with E-state index in [9.17, 15) is 29.4 Å². The van der Waals surface area contributed by atoms with Crippen LogP contribution in [0.25, 0.3) is 0 Å². The van der Waals surface area contributed by atoms with Crippen molar-refractivity contribution in [3.8, 4) is 0 Å². The number of aromatic nitrogens is 2. The van der Waals surface area contributed by atoms with Gasteiger partial charge < -0.3 is 36.1 Å². The van der Waals surface area contributed by atoms with Crippen molar-refractivity contribution in [1.82, 2.24) is 9.97 Å². The van der Waals surface area contributed by atoms with Gasteiger partial charge in [0.1, 0.15) is 0 Å². The molecule has 2 aromatic heterocycles. The van der Waals surface area contributed by atoms with Gasteiger partial charge in [-0.1, -0.05) is 0 Å². The standard InChI is InChI=1S/C20H25N3O8/c21-8-16-13(6-20(30)31)11(2-4-18(26)27)15(23-16)7-14-12(5-19(28)29)10(9-22-14)1-3-17(24)25/h9,22-23H,1-8,21H2,(H,24,25)(H,26,27)(H,28,29)(H,30,31). The van der Waals surface area contributed by atoms with Gasteiger partial charge in [-0.25, -0.2) is 0 Å². The molecule has 0 bridgehead atoms. The Hall–Kier alpha value is -3.60. The van der Waals surface area contributed by atoms with Crippen molar-refractivity contribution in [2.75, 3.05) is 0 Å². The van der Waals surface area contributed by atoms with Crippen LogP contribution >= 0.6 is 0 Å². The van der Waals surface area contributed by atoms with E-state index >= 15 is 0 Å². The first-order chi connectivity index (χ1) is 14.6. The normalized spacial score (nSPS) is 10.9. The number of aromatic amines is 2. The summed E-state index contributed by atoms with van der Waals surface area (Å²) in [5, 5.41) is 36.5. The van der Waals surface area contributed by atoms with Crippen LogP contribution in [0.1, 0.15) is 52.2 Å². The lowest BCUT2D eigenvalue weighted by Crippen LogP contribution is -2.09. The minimum Gasteiger partial charge on any atom is -0.481 e. The number of nitrogens with two attached hydrogens (primary N) is 1. The summed E-state index contributed by atoms with van der Waals surface area (Å²) in [7, 11) is 0. The van der Waals surface area contributed by atoms with Crippen molar-refractivity contribution in [2.45, 2.75) is 51.5 Å². The number of carbonyl (C=O) groups is 4. The van der Waals surface area contributed by atoms with E-state index in [0.29, 0.717) is 39.3 Å². The molecule has 2 aromatic rings. The first kappa shape index (κ1) is 23.7. The Balaban J connectivity index is 2.47. The van der Waals surface area contributed by atoms with Crippen LogP contribution in [-0.2, 0) is 57.8 Å². The molecular weight excluding hydrogens is 410 g/mol. The maximum atomic E-state index is 11.3. The van der Waals surface area contributed by atoms with Crippen LogP contribution in [0.2, 0.25) is 0 Å². The molecule has 0 aliphatic carbocycles. The summed E-state index contributed by atoms with van der Waals surface area (Å²) >= 11 is 0. The fraction of sp³-hybridized carbons (Fsp3) is 0.400. The molecule has 2 rings (SSSR count). The van der Waals surface area contributed by atoms with Gasteiger partial charge in [0.15, 0.2) is 0 Å². The van der Waals surface area contributed by atoms with Gasteiger partial charge in [0, 0.05) is 49.1 Å². The second-order valence-corrected chi connectivity index (χ2v) is 7.12. The topological polar surface area (TPSA) is 207 Å². The van der Waals surface area contributed by atoms with Gasteiger partial charge in [0.25, 0.3) is 0 Å². The lowest BCUT2D eigenvalue weighted by Gasteiger charge is -2.08. The summed E-state index contributed by atoms with van der Waals surface area (Å²) in [5.41, 5.74) is 9.31. The third-order valence-corrected chi connectivity index (χ3v) is 4.98. The van der Waals surface area contributed by atoms with E-state index in [-0.39, 0.29) is 51.5 Å². The Kier molecular flexibility index (Phi) is 7.97. The van der Waals surface area contributed by atoms with Crippen molar-refractivity contribution in [1.29, 1.82) is 0 Å². The molecule has 0 aliphatic heterocycles. The molecule has 11 heteroatoms. The molecule has 2 heterocycles. The molecule has 8 N–H and O–H groups in total. The largest absolute Gasteiger partial charge is 0.481 e. The monoisotopic (exact) mass is 435 g/mol. The van der Waals surface area contributed by atoms with Crippen molar-refractivity contribution < 1.29 is 39.6 Å². The lowest BCUT2D eigenvalue weighted by atomic mass is 9.96. The first-order valence-corrected chi connectivity index (χ1v) is 9.59. The summed E-state index contributed by atoms with van der Waals surface area (Å²) in [6.07, 6.45) is 0.970. The van der Waals surface area contributed by atoms with E-state index in [4.69, 9.17) is 15.9 Å². The highest BCUT2D eigenvalue weighted by molar-refractivity contribution is 5.73. The molecule has 0 amide bonds. The second-order valence-electron chi connectivity index (χ2n) is 7.12. The van der Waals surface area contributed by atoms with Crippen LogP contribution in [-0.4, -0.2) is 54.3 Å². The quantitative estimate of drug-likeness (QED) is 0.236. The van der Waals surface area contributed by atoms with Crippen LogP contribution < -0.4 is 5.73 Å². The summed E-state index contributed by atoms with van der Waals surface area (Å²) in [5.74, 6) is -4.20. The van der Waals surface area contributed by atoms with Crippen molar-refractivity contribution >= 4 is 23.9 Å². The predicted octanol–water partition coefficient (Wildman–Crippen LogP) is 0.681. The molecule has 0 fully saturated rings. The summed E-state index contributed by atoms with van der Waals surface area (Å²) in [6, 6.07) is 0. The molecule has 0 aliphatic rings. The molecule has 11 nitrogen and oxygen atoms in total. The van der Waals surface area contributed by atoms with E-state index in [0.717, 1.165) is 0 Å². The third kappa shape index (κ3) is 6.44. The minimum atomic E-state index is -1.08. The Bertz CT molecular complexity index is 989. The van der Waals surface area contributed by atoms with E-state index < -0.39 is 23.9 Å². The highest BCUT2D eigenvalue weighted by atomic mass is 16.4. The van der Waals surface area contributed by atoms with Crippen molar-refractivity contribution in [2.24, 2.45) is 5.73 Å². The Morgan fingerprint density at radius 2 is 1.32 bits per heavy atom. The fourth-order valence-corrected chi connectivity index (χ4v) is 3.63. The van der Waals surface area contributed by atoms with Crippen LogP contribution in [0.15, 0.2) is 6.20 Å². The molecule has 0 atom stereocenters. The Labute approximate surface area is 176 Å². The van der Waals surface area contributed by atoms with E-state index in [1.807, 2.05) is 0 Å². The lowest BCUT2D eigenvalue weighted by molar-refractivity contribution is -0.138. The number of hydrogen-bond acceptors (Lipinski definition) is 5. The molecular formula is C20H25N3O8. The third-order valence-electron chi connectivity index (χ3n) is 4.98. The zero-order chi connectivity index (χ0) is 23.1. The fourth-order valence-electron chi connectivity index (χ4n) is 3.63. The van der Waals surface area contributed by atoms with Crippen molar-refractivity contribution in [3.63, 3.8) is 0 Å². The van der Waals surface area contributed by atoms with Crippen molar-refractivity contribution in [3.05, 3.63) is 45.5 Å². The molecule has 0 spiro atoms. The summed E-state index contributed by atoms with van der Waals surface area (Å²) < 4.78 is 0. The van der Waals surface area contributed by atoms with Gasteiger partial charge in [0.2, 0.25) is 0 Å². The van der Waals surface area contributed by atoms with Crippen LogP contribution in [0.4, 0.5) is 0 Å². The maximum Gasteiger partial charge on any atom is 0.307 e. The zero-order valence-electron chi connectivity index (χ0n) is 16.7.